The number of hydrogen-bond donors (Lipinski definition) is 2. The Morgan fingerprint density at radius 3 is 2.53 bits per heavy atom. The molecule has 0 aliphatic heterocycles. The number of anilines is 3. The average molecular weight is 205 g/mol. The van der Waals surface area contributed by atoms with Crippen molar-refractivity contribution in [3.8, 4) is 0 Å². The largest absolute Gasteiger partial charge is 0.399 e. The van der Waals surface area contributed by atoms with Crippen LogP contribution in [0, 0.1) is 0 Å². The highest BCUT2D eigenvalue weighted by Gasteiger charge is 2.07. The van der Waals surface area contributed by atoms with Crippen LogP contribution in [0.4, 0.5) is 17.1 Å². The molecule has 0 aliphatic rings. The van der Waals surface area contributed by atoms with Crippen molar-refractivity contribution in [3.05, 3.63) is 30.4 Å². The molecule has 0 radical (unpaired) electrons. The van der Waals surface area contributed by atoms with Crippen molar-refractivity contribution < 1.29 is 0 Å². The Morgan fingerprint density at radius 2 is 2.07 bits per heavy atom. The second-order valence-electron chi connectivity index (χ2n) is 3.79. The maximum atomic E-state index is 5.92. The first kappa shape index (κ1) is 11.4. The Bertz CT molecular complexity index is 358. The Morgan fingerprint density at radius 1 is 1.40 bits per heavy atom. The van der Waals surface area contributed by atoms with E-state index in [2.05, 4.69) is 18.4 Å². The maximum absolute atomic E-state index is 5.92. The van der Waals surface area contributed by atoms with Crippen molar-refractivity contribution in [1.82, 2.24) is 0 Å². The number of nitrogens with two attached hydrogens (primary N) is 2. The average Bonchev–Trinajstić information content (AvgIpc) is 2.14. The summed E-state index contributed by atoms with van der Waals surface area (Å²) >= 11 is 0. The van der Waals surface area contributed by atoms with Crippen LogP contribution in [0.15, 0.2) is 30.4 Å². The molecule has 0 spiro atoms. The summed E-state index contributed by atoms with van der Waals surface area (Å²) in [4.78, 5) is 2.18. The van der Waals surface area contributed by atoms with Crippen LogP contribution in [0.5, 0.6) is 0 Å². The SMILES string of the molecule is C=C(C)CN(CC)c1ccc(N)cc1N. The number of nitrogens with zero attached hydrogens (tertiary/aromatic N) is 1. The molecule has 15 heavy (non-hydrogen) atoms. The molecule has 0 amide bonds. The number of rotatable bonds is 4. The summed E-state index contributed by atoms with van der Waals surface area (Å²) in [6.45, 7) is 9.74. The third-order valence-electron chi connectivity index (χ3n) is 2.23. The van der Waals surface area contributed by atoms with Crippen LogP contribution in [-0.4, -0.2) is 13.1 Å². The Hall–Kier alpha value is -1.64. The molecule has 0 aliphatic carbocycles. The highest BCUT2D eigenvalue weighted by molar-refractivity contribution is 5.72. The molecule has 0 saturated carbocycles. The van der Waals surface area contributed by atoms with E-state index >= 15 is 0 Å². The molecule has 0 heterocycles. The highest BCUT2D eigenvalue weighted by atomic mass is 15.1. The molecular weight excluding hydrogens is 186 g/mol. The molecular formula is C12H19N3. The predicted octanol–water partition coefficient (Wildman–Crippen LogP) is 2.25. The molecule has 0 bridgehead atoms. The maximum Gasteiger partial charge on any atom is 0.0604 e. The number of nitrogen functional groups attached to an aromatic ring is 2. The van der Waals surface area contributed by atoms with Gasteiger partial charge in [0.25, 0.3) is 0 Å². The quantitative estimate of drug-likeness (QED) is 0.585. The lowest BCUT2D eigenvalue weighted by molar-refractivity contribution is 0.882. The van der Waals surface area contributed by atoms with E-state index in [-0.39, 0.29) is 0 Å². The van der Waals surface area contributed by atoms with Gasteiger partial charge in [-0.1, -0.05) is 12.2 Å². The second kappa shape index (κ2) is 4.73. The van der Waals surface area contributed by atoms with E-state index in [1.54, 1.807) is 6.07 Å². The van der Waals surface area contributed by atoms with Crippen molar-refractivity contribution in [2.24, 2.45) is 0 Å². The molecule has 3 heteroatoms. The van der Waals surface area contributed by atoms with Crippen LogP contribution in [0.2, 0.25) is 0 Å². The summed E-state index contributed by atoms with van der Waals surface area (Å²) in [5, 5.41) is 0. The van der Waals surface area contributed by atoms with E-state index < -0.39 is 0 Å². The standard InChI is InChI=1S/C12H19N3/c1-4-15(8-9(2)3)12-6-5-10(13)7-11(12)14/h5-7H,2,4,8,13-14H2,1,3H3. The first-order valence-corrected chi connectivity index (χ1v) is 5.09. The van der Waals surface area contributed by atoms with Crippen molar-refractivity contribution >= 4 is 17.1 Å². The van der Waals surface area contributed by atoms with Gasteiger partial charge in [-0.2, -0.15) is 0 Å². The lowest BCUT2D eigenvalue weighted by Crippen LogP contribution is -2.25. The van der Waals surface area contributed by atoms with Gasteiger partial charge in [0.15, 0.2) is 0 Å². The van der Waals surface area contributed by atoms with Crippen molar-refractivity contribution in [2.45, 2.75) is 13.8 Å². The van der Waals surface area contributed by atoms with Gasteiger partial charge in [-0.25, -0.2) is 0 Å². The highest BCUT2D eigenvalue weighted by Crippen LogP contribution is 2.25. The van der Waals surface area contributed by atoms with Crippen molar-refractivity contribution in [3.63, 3.8) is 0 Å². The zero-order chi connectivity index (χ0) is 11.4. The predicted molar refractivity (Wildman–Crippen MR) is 68.0 cm³/mol. The summed E-state index contributed by atoms with van der Waals surface area (Å²) in [6, 6.07) is 5.61. The van der Waals surface area contributed by atoms with Gasteiger partial charge in [-0.15, -0.1) is 0 Å². The number of likely N-dealkylation sites (N-methyl/N-ethyl adjacent to an activating group) is 1. The Kier molecular flexibility index (Phi) is 3.61. The molecule has 1 aromatic carbocycles. The van der Waals surface area contributed by atoms with Gasteiger partial charge in [0.1, 0.15) is 0 Å². The topological polar surface area (TPSA) is 55.3 Å². The van der Waals surface area contributed by atoms with Gasteiger partial charge in [-0.05, 0) is 32.0 Å². The van der Waals surface area contributed by atoms with Crippen LogP contribution in [0.25, 0.3) is 0 Å². The first-order valence-electron chi connectivity index (χ1n) is 5.09. The van der Waals surface area contributed by atoms with Gasteiger partial charge in [-0.3, -0.25) is 0 Å². The zero-order valence-electron chi connectivity index (χ0n) is 9.46. The van der Waals surface area contributed by atoms with E-state index in [0.717, 1.165) is 30.0 Å². The minimum atomic E-state index is 0.697. The monoisotopic (exact) mass is 205 g/mol. The smallest absolute Gasteiger partial charge is 0.0604 e. The van der Waals surface area contributed by atoms with Crippen molar-refractivity contribution in [2.75, 3.05) is 29.5 Å². The van der Waals surface area contributed by atoms with Gasteiger partial charge >= 0.3 is 0 Å². The lowest BCUT2D eigenvalue weighted by atomic mass is 10.2. The first-order chi connectivity index (χ1) is 7.04. The lowest BCUT2D eigenvalue weighted by Gasteiger charge is -2.24. The molecule has 0 atom stereocenters. The number of benzene rings is 1. The van der Waals surface area contributed by atoms with Crippen molar-refractivity contribution in [1.29, 1.82) is 0 Å². The fraction of sp³-hybridized carbons (Fsp3) is 0.333. The zero-order valence-corrected chi connectivity index (χ0v) is 9.46. The third kappa shape index (κ3) is 2.91. The van der Waals surface area contributed by atoms with E-state index in [0.29, 0.717) is 5.69 Å². The normalized spacial score (nSPS) is 10.0. The molecule has 0 fully saturated rings. The van der Waals surface area contributed by atoms with E-state index in [1.807, 2.05) is 19.1 Å². The second-order valence-corrected chi connectivity index (χ2v) is 3.79. The molecule has 0 saturated heterocycles. The van der Waals surface area contributed by atoms with E-state index in [1.165, 1.54) is 0 Å². The van der Waals surface area contributed by atoms with Gasteiger partial charge < -0.3 is 16.4 Å². The molecule has 1 rings (SSSR count). The van der Waals surface area contributed by atoms with Gasteiger partial charge in [0.05, 0.1) is 11.4 Å². The van der Waals surface area contributed by atoms with E-state index in [4.69, 9.17) is 11.5 Å². The van der Waals surface area contributed by atoms with E-state index in [9.17, 15) is 0 Å². The fourth-order valence-electron chi connectivity index (χ4n) is 1.55. The summed E-state index contributed by atoms with van der Waals surface area (Å²) in [5.74, 6) is 0. The Balaban J connectivity index is 2.96. The summed E-state index contributed by atoms with van der Waals surface area (Å²) in [5.41, 5.74) is 15.1. The van der Waals surface area contributed by atoms with Crippen LogP contribution in [-0.2, 0) is 0 Å². The van der Waals surface area contributed by atoms with Crippen LogP contribution in [0.3, 0.4) is 0 Å². The molecule has 82 valence electrons. The Labute approximate surface area is 91.4 Å². The van der Waals surface area contributed by atoms with Crippen LogP contribution < -0.4 is 16.4 Å². The van der Waals surface area contributed by atoms with Gasteiger partial charge in [0, 0.05) is 18.8 Å². The molecule has 1 aromatic rings. The van der Waals surface area contributed by atoms with Crippen LogP contribution >= 0.6 is 0 Å². The van der Waals surface area contributed by atoms with Gasteiger partial charge in [0.2, 0.25) is 0 Å². The summed E-state index contributed by atoms with van der Waals surface area (Å²) in [6.07, 6.45) is 0. The minimum absolute atomic E-state index is 0.697. The summed E-state index contributed by atoms with van der Waals surface area (Å²) in [7, 11) is 0. The molecule has 4 N–H and O–H groups in total. The fourth-order valence-corrected chi connectivity index (χ4v) is 1.55. The van der Waals surface area contributed by atoms with Crippen LogP contribution in [0.1, 0.15) is 13.8 Å². The summed E-state index contributed by atoms with van der Waals surface area (Å²) < 4.78 is 0. The molecule has 0 aromatic heterocycles. The molecule has 3 nitrogen and oxygen atoms in total. The molecule has 0 unspecified atom stereocenters. The minimum Gasteiger partial charge on any atom is -0.399 e. The number of hydrogen-bond acceptors (Lipinski definition) is 3. The third-order valence-corrected chi connectivity index (χ3v) is 2.23.